The Morgan fingerprint density at radius 3 is 0.880 bits per heavy atom. The van der Waals surface area contributed by atoms with E-state index in [-0.39, 0.29) is 0 Å². The van der Waals surface area contributed by atoms with Crippen LogP contribution >= 0.6 is 0 Å². The molecule has 0 heterocycles. The molecule has 0 amide bonds. The van der Waals surface area contributed by atoms with Crippen LogP contribution in [0.25, 0.3) is 0 Å². The summed E-state index contributed by atoms with van der Waals surface area (Å²) in [4.78, 5) is 0. The Balaban J connectivity index is 2.04. The van der Waals surface area contributed by atoms with Gasteiger partial charge in [-0.2, -0.15) is 0 Å². The fraction of sp³-hybridized carbons (Fsp3) is 0.250. The first-order valence-corrected chi connectivity index (χ1v) is 13.7. The fourth-order valence-corrected chi connectivity index (χ4v) is 10.4. The first-order valence-electron chi connectivity index (χ1n) is 9.40. The molecule has 0 atom stereocenters. The van der Waals surface area contributed by atoms with Crippen molar-refractivity contribution < 1.29 is 0 Å². The molecular formula is C24H27Sn+. The predicted molar refractivity (Wildman–Crippen MR) is 112 cm³/mol. The van der Waals surface area contributed by atoms with Crippen molar-refractivity contribution in [3.63, 3.8) is 0 Å². The third-order valence-corrected chi connectivity index (χ3v) is 12.8. The molecule has 0 spiro atoms. The van der Waals surface area contributed by atoms with Gasteiger partial charge in [0.05, 0.1) is 0 Å². The van der Waals surface area contributed by atoms with Crippen LogP contribution < -0.4 is 10.7 Å². The van der Waals surface area contributed by atoms with Crippen LogP contribution in [0.15, 0.2) is 72.8 Å². The number of rotatable bonds is 6. The zero-order chi connectivity index (χ0) is 17.6. The van der Waals surface area contributed by atoms with Crippen molar-refractivity contribution >= 4 is 30.5 Å². The maximum absolute atomic E-state index is 2.38. The molecule has 0 saturated heterocycles. The van der Waals surface area contributed by atoms with Crippen LogP contribution in [-0.4, -0.2) is 19.8 Å². The van der Waals surface area contributed by atoms with E-state index in [0.29, 0.717) is 0 Å². The molecular weight excluding hydrogens is 407 g/mol. The average molecular weight is 434 g/mol. The normalized spacial score (nSPS) is 10.7. The number of aryl methyl sites for hydroxylation is 3. The molecule has 0 radical (unpaired) electrons. The maximum atomic E-state index is 2.38. The van der Waals surface area contributed by atoms with Gasteiger partial charge in [0.2, 0.25) is 0 Å². The molecule has 0 bridgehead atoms. The van der Waals surface area contributed by atoms with Gasteiger partial charge in [0.25, 0.3) is 0 Å². The van der Waals surface area contributed by atoms with Crippen LogP contribution in [0.5, 0.6) is 0 Å². The van der Waals surface area contributed by atoms with Crippen molar-refractivity contribution in [1.29, 1.82) is 0 Å². The Morgan fingerprint density at radius 2 is 0.680 bits per heavy atom. The summed E-state index contributed by atoms with van der Waals surface area (Å²) in [6.07, 6.45) is 3.32. The first kappa shape index (κ1) is 18.3. The monoisotopic (exact) mass is 435 g/mol. The minimum atomic E-state index is -2.11. The van der Waals surface area contributed by atoms with E-state index in [0.717, 1.165) is 19.3 Å². The van der Waals surface area contributed by atoms with E-state index >= 15 is 0 Å². The SMILES string of the molecule is CCc1cc[c]([Sn+]([c]2ccc(CC)cc2)[c]2ccc(CC)cc2)cc1. The van der Waals surface area contributed by atoms with Gasteiger partial charge in [-0.15, -0.1) is 0 Å². The van der Waals surface area contributed by atoms with Crippen molar-refractivity contribution in [2.75, 3.05) is 0 Å². The molecule has 0 aliphatic heterocycles. The number of hydrogen-bond donors (Lipinski definition) is 0. The summed E-state index contributed by atoms with van der Waals surface area (Å²) in [6, 6.07) is 28.2. The molecule has 3 aromatic rings. The Bertz CT molecular complexity index is 670. The van der Waals surface area contributed by atoms with E-state index in [4.69, 9.17) is 0 Å². The Morgan fingerprint density at radius 1 is 0.440 bits per heavy atom. The van der Waals surface area contributed by atoms with E-state index in [1.165, 1.54) is 16.7 Å². The zero-order valence-electron chi connectivity index (χ0n) is 15.5. The van der Waals surface area contributed by atoms with E-state index < -0.39 is 19.8 Å². The van der Waals surface area contributed by atoms with Crippen molar-refractivity contribution in [3.8, 4) is 0 Å². The van der Waals surface area contributed by atoms with E-state index in [9.17, 15) is 0 Å². The van der Waals surface area contributed by atoms with Crippen molar-refractivity contribution in [3.05, 3.63) is 89.5 Å². The van der Waals surface area contributed by atoms with Gasteiger partial charge in [-0.3, -0.25) is 0 Å². The molecule has 0 aliphatic rings. The molecule has 0 nitrogen and oxygen atoms in total. The molecule has 0 aromatic heterocycles. The van der Waals surface area contributed by atoms with Crippen molar-refractivity contribution in [2.24, 2.45) is 0 Å². The second-order valence-electron chi connectivity index (χ2n) is 6.53. The van der Waals surface area contributed by atoms with Crippen LogP contribution in [-0.2, 0) is 19.3 Å². The van der Waals surface area contributed by atoms with Crippen molar-refractivity contribution in [1.82, 2.24) is 0 Å². The quantitative estimate of drug-likeness (QED) is 0.517. The molecule has 0 fully saturated rings. The topological polar surface area (TPSA) is 0 Å². The van der Waals surface area contributed by atoms with E-state index in [1.54, 1.807) is 10.7 Å². The van der Waals surface area contributed by atoms with Crippen LogP contribution in [0.1, 0.15) is 37.5 Å². The Kier molecular flexibility index (Phi) is 6.36. The van der Waals surface area contributed by atoms with E-state index in [2.05, 4.69) is 93.6 Å². The predicted octanol–water partition coefficient (Wildman–Crippen LogP) is 3.89. The third kappa shape index (κ3) is 4.36. The molecule has 3 aromatic carbocycles. The summed E-state index contributed by atoms with van der Waals surface area (Å²) < 4.78 is 4.69. The fourth-order valence-electron chi connectivity index (χ4n) is 3.22. The average Bonchev–Trinajstić information content (AvgIpc) is 2.70. The molecule has 0 unspecified atom stereocenters. The molecule has 0 aliphatic carbocycles. The summed E-state index contributed by atoms with van der Waals surface area (Å²) in [5.74, 6) is 0. The number of benzene rings is 3. The minimum absolute atomic E-state index is 1.11. The summed E-state index contributed by atoms with van der Waals surface area (Å²) >= 11 is -2.11. The molecule has 0 saturated carbocycles. The summed E-state index contributed by atoms with van der Waals surface area (Å²) in [6.45, 7) is 6.67. The molecule has 0 N–H and O–H groups in total. The molecule has 25 heavy (non-hydrogen) atoms. The van der Waals surface area contributed by atoms with Gasteiger partial charge in [0.1, 0.15) is 0 Å². The van der Waals surface area contributed by atoms with Crippen LogP contribution in [0.3, 0.4) is 0 Å². The van der Waals surface area contributed by atoms with Gasteiger partial charge in [-0.25, -0.2) is 0 Å². The van der Waals surface area contributed by atoms with Gasteiger partial charge in [0.15, 0.2) is 0 Å². The molecule has 126 valence electrons. The van der Waals surface area contributed by atoms with Crippen LogP contribution in [0, 0.1) is 0 Å². The van der Waals surface area contributed by atoms with E-state index in [1.807, 2.05) is 0 Å². The van der Waals surface area contributed by atoms with Gasteiger partial charge in [-0.05, 0) is 0 Å². The van der Waals surface area contributed by atoms with Crippen molar-refractivity contribution in [2.45, 2.75) is 40.0 Å². The zero-order valence-corrected chi connectivity index (χ0v) is 18.4. The summed E-state index contributed by atoms with van der Waals surface area (Å²) in [5, 5.41) is 0. The Labute approximate surface area is 159 Å². The molecule has 3 rings (SSSR count). The van der Waals surface area contributed by atoms with Gasteiger partial charge in [-0.1, -0.05) is 0 Å². The second-order valence-corrected chi connectivity index (χ2v) is 13.6. The second kappa shape index (κ2) is 8.71. The van der Waals surface area contributed by atoms with Crippen LogP contribution in [0.4, 0.5) is 0 Å². The summed E-state index contributed by atoms with van der Waals surface area (Å²) in [7, 11) is 0. The third-order valence-electron chi connectivity index (χ3n) is 4.95. The number of hydrogen-bond acceptors (Lipinski definition) is 0. The first-order chi connectivity index (χ1) is 12.2. The van der Waals surface area contributed by atoms with Crippen LogP contribution in [0.2, 0.25) is 0 Å². The van der Waals surface area contributed by atoms with Gasteiger partial charge < -0.3 is 0 Å². The molecule has 1 heteroatoms. The van der Waals surface area contributed by atoms with Gasteiger partial charge >= 0.3 is 160 Å². The summed E-state index contributed by atoms with van der Waals surface area (Å²) in [5.41, 5.74) is 4.28. The Hall–Kier alpha value is -1.54. The standard InChI is InChI=1S/3C8H9.Sn/c3*1-2-8-6-4-3-5-7-8;/h3*4-7H,2H2,1H3;/q;;;+1. The van der Waals surface area contributed by atoms with Gasteiger partial charge in [0, 0.05) is 0 Å².